The van der Waals surface area contributed by atoms with E-state index in [1.54, 1.807) is 4.68 Å². The summed E-state index contributed by atoms with van der Waals surface area (Å²) in [6.07, 6.45) is 3.19. The summed E-state index contributed by atoms with van der Waals surface area (Å²) in [6.45, 7) is 0.330. The van der Waals surface area contributed by atoms with Crippen molar-refractivity contribution in [3.63, 3.8) is 0 Å². The lowest BCUT2D eigenvalue weighted by Gasteiger charge is -2.15. The average molecular weight is 431 g/mol. The first-order chi connectivity index (χ1) is 13.7. The second kappa shape index (κ2) is 9.32. The smallest absolute Gasteiger partial charge is 0.471 e. The number of nitrogens with one attached hydrogen (secondary N) is 1. The van der Waals surface area contributed by atoms with Crippen LogP contribution >= 0.6 is 7.82 Å². The number of nitrogens with zero attached hydrogens (tertiary/aromatic N) is 2. The van der Waals surface area contributed by atoms with E-state index in [4.69, 9.17) is 19.0 Å². The van der Waals surface area contributed by atoms with Crippen LogP contribution in [0, 0.1) is 17.6 Å². The molecule has 0 bridgehead atoms. The highest BCUT2D eigenvalue weighted by atomic mass is 31.2. The van der Waals surface area contributed by atoms with Crippen LogP contribution in [0.4, 0.5) is 8.78 Å². The summed E-state index contributed by atoms with van der Waals surface area (Å²) in [4.78, 5) is 18.2. The Hall–Kier alpha value is -1.84. The van der Waals surface area contributed by atoms with Gasteiger partial charge in [0.15, 0.2) is 6.23 Å². The fourth-order valence-electron chi connectivity index (χ4n) is 3.43. The highest BCUT2D eigenvalue weighted by Crippen LogP contribution is 2.41. The lowest BCUT2D eigenvalue weighted by atomic mass is 10.1. The molecule has 0 spiro atoms. The molecule has 11 heteroatoms. The molecule has 1 aromatic carbocycles. The molecule has 1 unspecified atom stereocenters. The fourth-order valence-corrected chi connectivity index (χ4v) is 3.92. The van der Waals surface area contributed by atoms with E-state index < -0.39 is 25.7 Å². The van der Waals surface area contributed by atoms with Crippen molar-refractivity contribution in [3.05, 3.63) is 47.2 Å². The fraction of sp³-hybridized carbons (Fsp3) is 0.500. The van der Waals surface area contributed by atoms with Gasteiger partial charge in [0.25, 0.3) is 0 Å². The zero-order valence-corrected chi connectivity index (χ0v) is 16.8. The van der Waals surface area contributed by atoms with E-state index in [0.29, 0.717) is 12.5 Å². The van der Waals surface area contributed by atoms with Crippen molar-refractivity contribution in [2.24, 2.45) is 5.92 Å². The molecular weight excluding hydrogens is 407 g/mol. The summed E-state index contributed by atoms with van der Waals surface area (Å²) in [5.74, 6) is -0.487. The second-order valence-electron chi connectivity index (χ2n) is 7.03. The van der Waals surface area contributed by atoms with E-state index in [1.807, 2.05) is 0 Å². The summed E-state index contributed by atoms with van der Waals surface area (Å²) < 4.78 is 50.5. The van der Waals surface area contributed by atoms with E-state index >= 15 is 0 Å². The van der Waals surface area contributed by atoms with Crippen LogP contribution in [0.1, 0.15) is 43.2 Å². The summed E-state index contributed by atoms with van der Waals surface area (Å²) in [5.41, 5.74) is 0.264. The molecule has 160 valence electrons. The quantitative estimate of drug-likeness (QED) is 0.413. The highest BCUT2D eigenvalue weighted by Gasteiger charge is 2.27. The SMILES string of the molecule is CNC(OP(=O)(O)O)c1cc(OCc2cc(F)ccc2F)n(CC2CCCC2)n1. The minimum Gasteiger partial charge on any atom is -0.473 e. The van der Waals surface area contributed by atoms with Gasteiger partial charge in [-0.25, -0.2) is 18.0 Å². The third kappa shape index (κ3) is 6.07. The zero-order valence-electron chi connectivity index (χ0n) is 15.9. The Kier molecular flexibility index (Phi) is 7.02. The number of halogens is 2. The van der Waals surface area contributed by atoms with E-state index in [0.717, 1.165) is 43.9 Å². The number of ether oxygens (including phenoxy) is 1. The maximum Gasteiger partial charge on any atom is 0.471 e. The van der Waals surface area contributed by atoms with Gasteiger partial charge in [-0.1, -0.05) is 12.8 Å². The van der Waals surface area contributed by atoms with Gasteiger partial charge in [-0.15, -0.1) is 0 Å². The maximum atomic E-state index is 13.9. The van der Waals surface area contributed by atoms with Crippen molar-refractivity contribution in [2.75, 3.05) is 7.05 Å². The van der Waals surface area contributed by atoms with Gasteiger partial charge < -0.3 is 14.5 Å². The molecule has 1 aliphatic rings. The Morgan fingerprint density at radius 3 is 2.69 bits per heavy atom. The van der Waals surface area contributed by atoms with Crippen LogP contribution in [0.25, 0.3) is 0 Å². The summed E-state index contributed by atoms with van der Waals surface area (Å²) in [6, 6.07) is 4.59. The van der Waals surface area contributed by atoms with Crippen LogP contribution < -0.4 is 10.1 Å². The van der Waals surface area contributed by atoms with Gasteiger partial charge in [0.05, 0.1) is 0 Å². The van der Waals surface area contributed by atoms with E-state index in [1.165, 1.54) is 13.1 Å². The lowest BCUT2D eigenvalue weighted by Crippen LogP contribution is -2.20. The van der Waals surface area contributed by atoms with Gasteiger partial charge in [-0.2, -0.15) is 5.10 Å². The van der Waals surface area contributed by atoms with Gasteiger partial charge in [-0.05, 0) is 44.0 Å². The van der Waals surface area contributed by atoms with Crippen LogP contribution in [0.2, 0.25) is 0 Å². The monoisotopic (exact) mass is 431 g/mol. The van der Waals surface area contributed by atoms with Crippen LogP contribution in [0.3, 0.4) is 0 Å². The van der Waals surface area contributed by atoms with Crippen molar-refractivity contribution in [3.8, 4) is 5.88 Å². The molecule has 3 rings (SSSR count). The minimum absolute atomic E-state index is 0.0526. The molecule has 0 aliphatic heterocycles. The van der Waals surface area contributed by atoms with Gasteiger partial charge in [-0.3, -0.25) is 9.84 Å². The molecule has 1 aliphatic carbocycles. The van der Waals surface area contributed by atoms with Gasteiger partial charge in [0.2, 0.25) is 5.88 Å². The molecule has 1 fully saturated rings. The molecule has 3 N–H and O–H groups in total. The Balaban J connectivity index is 1.83. The molecule has 1 heterocycles. The third-order valence-electron chi connectivity index (χ3n) is 4.82. The molecular formula is C18H24F2N3O5P. The molecule has 0 amide bonds. The summed E-state index contributed by atoms with van der Waals surface area (Å²) >= 11 is 0. The molecule has 2 aromatic rings. The van der Waals surface area contributed by atoms with Crippen LogP contribution in [-0.4, -0.2) is 26.6 Å². The molecule has 29 heavy (non-hydrogen) atoms. The molecule has 8 nitrogen and oxygen atoms in total. The Labute approximate surface area is 167 Å². The van der Waals surface area contributed by atoms with Crippen molar-refractivity contribution in [1.82, 2.24) is 15.1 Å². The number of benzene rings is 1. The Morgan fingerprint density at radius 2 is 2.03 bits per heavy atom. The average Bonchev–Trinajstić information content (AvgIpc) is 3.30. The highest BCUT2D eigenvalue weighted by molar-refractivity contribution is 7.46. The second-order valence-corrected chi connectivity index (χ2v) is 8.22. The summed E-state index contributed by atoms with van der Waals surface area (Å²) in [5, 5.41) is 7.02. The van der Waals surface area contributed by atoms with E-state index in [-0.39, 0.29) is 23.7 Å². The number of rotatable bonds is 9. The predicted molar refractivity (Wildman–Crippen MR) is 99.8 cm³/mol. The molecule has 1 aromatic heterocycles. The van der Waals surface area contributed by atoms with E-state index in [2.05, 4.69) is 10.4 Å². The number of hydrogen-bond donors (Lipinski definition) is 3. The van der Waals surface area contributed by atoms with Gasteiger partial charge in [0.1, 0.15) is 23.9 Å². The van der Waals surface area contributed by atoms with Crippen molar-refractivity contribution >= 4 is 7.82 Å². The predicted octanol–water partition coefficient (Wildman–Crippen LogP) is 3.26. The minimum atomic E-state index is -4.76. The largest absolute Gasteiger partial charge is 0.473 e. The molecule has 1 saturated carbocycles. The molecule has 1 atom stereocenters. The first-order valence-electron chi connectivity index (χ1n) is 9.31. The first-order valence-corrected chi connectivity index (χ1v) is 10.8. The number of aromatic nitrogens is 2. The molecule has 0 radical (unpaired) electrons. The van der Waals surface area contributed by atoms with Gasteiger partial charge >= 0.3 is 7.82 Å². The first kappa shape index (κ1) is 21.9. The molecule has 0 saturated heterocycles. The summed E-state index contributed by atoms with van der Waals surface area (Å²) in [7, 11) is -3.29. The lowest BCUT2D eigenvalue weighted by molar-refractivity contribution is 0.111. The number of phosphoric ester groups is 1. The zero-order chi connectivity index (χ0) is 21.0. The maximum absolute atomic E-state index is 13.9. The van der Waals surface area contributed by atoms with E-state index in [9.17, 15) is 13.3 Å². The van der Waals surface area contributed by atoms with Crippen LogP contribution in [-0.2, 0) is 22.2 Å². The normalized spacial score (nSPS) is 16.3. The number of phosphoric acid groups is 1. The van der Waals surface area contributed by atoms with Crippen LogP contribution in [0.15, 0.2) is 24.3 Å². The van der Waals surface area contributed by atoms with Crippen molar-refractivity contribution in [1.29, 1.82) is 0 Å². The van der Waals surface area contributed by atoms with Crippen LogP contribution in [0.5, 0.6) is 5.88 Å². The third-order valence-corrected chi connectivity index (χ3v) is 5.31. The van der Waals surface area contributed by atoms with Crippen molar-refractivity contribution in [2.45, 2.75) is 45.1 Å². The Bertz CT molecular complexity index is 882. The van der Waals surface area contributed by atoms with Crippen molar-refractivity contribution < 1.29 is 32.4 Å². The standard InChI is InChI=1S/C18H24F2N3O5P/c1-21-18(28-29(24,25)26)16-9-17(23(22-16)10-12-4-2-3-5-12)27-11-13-8-14(19)6-7-15(13)20/h6-9,12,18,21H,2-5,10-11H2,1H3,(H2,24,25,26). The topological polar surface area (TPSA) is 106 Å². The van der Waals surface area contributed by atoms with Gasteiger partial charge in [0, 0.05) is 18.2 Å². The Morgan fingerprint density at radius 1 is 1.31 bits per heavy atom. The number of hydrogen-bond acceptors (Lipinski definition) is 5.